The predicted octanol–water partition coefficient (Wildman–Crippen LogP) is 3.46. The fourth-order valence-electron chi connectivity index (χ4n) is 2.48. The first-order chi connectivity index (χ1) is 8.72. The zero-order chi connectivity index (χ0) is 12.5. The molecule has 3 rings (SSSR count). The lowest BCUT2D eigenvalue weighted by molar-refractivity contribution is -0.110. The second kappa shape index (κ2) is 4.98. The molecule has 1 aromatic carbocycles. The van der Waals surface area contributed by atoms with E-state index in [4.69, 9.17) is 11.6 Å². The Morgan fingerprint density at radius 2 is 2.22 bits per heavy atom. The Labute approximate surface area is 116 Å². The Hall–Kier alpha value is -0.930. The van der Waals surface area contributed by atoms with Crippen molar-refractivity contribution < 1.29 is 4.79 Å². The average Bonchev–Trinajstić information content (AvgIpc) is 2.71. The van der Waals surface area contributed by atoms with Crippen molar-refractivity contribution in [3.05, 3.63) is 46.6 Å². The second-order valence-corrected chi connectivity index (χ2v) is 6.38. The molecule has 1 fully saturated rings. The molecule has 0 N–H and O–H groups in total. The molecule has 0 radical (unpaired) electrons. The highest BCUT2D eigenvalue weighted by molar-refractivity contribution is 8.14. The van der Waals surface area contributed by atoms with Crippen molar-refractivity contribution in [1.29, 1.82) is 0 Å². The zero-order valence-electron chi connectivity index (χ0n) is 9.93. The summed E-state index contributed by atoms with van der Waals surface area (Å²) in [5.74, 6) is 0. The SMILES string of the molecule is O=C1CC2=CN(Cc3ccccc3Cl)CCC2S1. The standard InChI is InChI=1S/C14H14ClNOS/c15-12-4-2-1-3-10(12)8-16-6-5-13-11(9-16)7-14(17)18-13/h1-4,9,13H,5-8H2. The summed E-state index contributed by atoms with van der Waals surface area (Å²) in [6.45, 7) is 1.83. The first-order valence-corrected chi connectivity index (χ1v) is 7.35. The van der Waals surface area contributed by atoms with Crippen molar-refractivity contribution in [2.75, 3.05) is 6.54 Å². The monoisotopic (exact) mass is 279 g/mol. The summed E-state index contributed by atoms with van der Waals surface area (Å²) in [7, 11) is 0. The van der Waals surface area contributed by atoms with Crippen LogP contribution in [0.5, 0.6) is 0 Å². The quantitative estimate of drug-likeness (QED) is 0.827. The summed E-state index contributed by atoms with van der Waals surface area (Å²) < 4.78 is 0. The highest BCUT2D eigenvalue weighted by Gasteiger charge is 2.31. The lowest BCUT2D eigenvalue weighted by atomic mass is 10.0. The second-order valence-electron chi connectivity index (χ2n) is 4.71. The molecule has 2 aliphatic rings. The van der Waals surface area contributed by atoms with Crippen LogP contribution in [0, 0.1) is 0 Å². The van der Waals surface area contributed by atoms with Gasteiger partial charge in [0.25, 0.3) is 0 Å². The number of hydrogen-bond donors (Lipinski definition) is 0. The molecule has 0 spiro atoms. The van der Waals surface area contributed by atoms with Gasteiger partial charge in [0.2, 0.25) is 0 Å². The predicted molar refractivity (Wildman–Crippen MR) is 75.6 cm³/mol. The lowest BCUT2D eigenvalue weighted by Crippen LogP contribution is -2.26. The first kappa shape index (κ1) is 12.1. The topological polar surface area (TPSA) is 20.3 Å². The highest BCUT2D eigenvalue weighted by Crippen LogP contribution is 2.38. The molecular formula is C14H14ClNOS. The Bertz CT molecular complexity index is 514. The average molecular weight is 280 g/mol. The van der Waals surface area contributed by atoms with E-state index in [1.165, 1.54) is 17.3 Å². The summed E-state index contributed by atoms with van der Waals surface area (Å²) in [6.07, 6.45) is 3.84. The number of nitrogens with zero attached hydrogens (tertiary/aromatic N) is 1. The van der Waals surface area contributed by atoms with Gasteiger partial charge in [-0.25, -0.2) is 0 Å². The highest BCUT2D eigenvalue weighted by atomic mass is 35.5. The third kappa shape index (κ3) is 2.43. The van der Waals surface area contributed by atoms with E-state index in [0.717, 1.165) is 30.1 Å². The maximum atomic E-state index is 11.4. The minimum Gasteiger partial charge on any atom is -0.373 e. The van der Waals surface area contributed by atoms with Crippen LogP contribution in [0.3, 0.4) is 0 Å². The molecule has 1 atom stereocenters. The molecule has 4 heteroatoms. The Balaban J connectivity index is 1.75. The summed E-state index contributed by atoms with van der Waals surface area (Å²) >= 11 is 7.67. The van der Waals surface area contributed by atoms with E-state index in [2.05, 4.69) is 17.2 Å². The summed E-state index contributed by atoms with van der Waals surface area (Å²) in [4.78, 5) is 13.7. The van der Waals surface area contributed by atoms with E-state index in [9.17, 15) is 4.79 Å². The van der Waals surface area contributed by atoms with Crippen molar-refractivity contribution >= 4 is 28.5 Å². The lowest BCUT2D eigenvalue weighted by Gasteiger charge is -2.28. The molecule has 0 bridgehead atoms. The van der Waals surface area contributed by atoms with E-state index >= 15 is 0 Å². The van der Waals surface area contributed by atoms with Crippen LogP contribution in [0.25, 0.3) is 0 Å². The molecule has 0 aromatic heterocycles. The summed E-state index contributed by atoms with van der Waals surface area (Å²) in [5.41, 5.74) is 2.43. The van der Waals surface area contributed by atoms with Gasteiger partial charge in [0, 0.05) is 36.0 Å². The van der Waals surface area contributed by atoms with E-state index < -0.39 is 0 Å². The van der Waals surface area contributed by atoms with E-state index in [1.54, 1.807) is 0 Å². The maximum Gasteiger partial charge on any atom is 0.193 e. The van der Waals surface area contributed by atoms with Gasteiger partial charge in [0.1, 0.15) is 0 Å². The van der Waals surface area contributed by atoms with Crippen LogP contribution < -0.4 is 0 Å². The van der Waals surface area contributed by atoms with Crippen LogP contribution in [-0.2, 0) is 11.3 Å². The van der Waals surface area contributed by atoms with Crippen molar-refractivity contribution in [1.82, 2.24) is 4.90 Å². The van der Waals surface area contributed by atoms with Gasteiger partial charge in [0.05, 0.1) is 0 Å². The van der Waals surface area contributed by atoms with Gasteiger partial charge >= 0.3 is 0 Å². The number of halogens is 1. The zero-order valence-corrected chi connectivity index (χ0v) is 11.5. The third-order valence-corrected chi connectivity index (χ3v) is 4.99. The molecule has 94 valence electrons. The molecule has 0 amide bonds. The van der Waals surface area contributed by atoms with Crippen LogP contribution in [0.2, 0.25) is 5.02 Å². The van der Waals surface area contributed by atoms with Crippen LogP contribution in [0.1, 0.15) is 18.4 Å². The van der Waals surface area contributed by atoms with Crippen LogP contribution in [0.4, 0.5) is 0 Å². The fraction of sp³-hybridized carbons (Fsp3) is 0.357. The normalized spacial score (nSPS) is 22.9. The molecule has 2 nitrogen and oxygen atoms in total. The minimum absolute atomic E-state index is 0.311. The number of fused-ring (bicyclic) bond motifs is 1. The van der Waals surface area contributed by atoms with Crippen molar-refractivity contribution in [2.45, 2.75) is 24.6 Å². The fourth-order valence-corrected chi connectivity index (χ4v) is 3.76. The summed E-state index contributed by atoms with van der Waals surface area (Å²) in [5, 5.41) is 1.56. The van der Waals surface area contributed by atoms with Gasteiger partial charge in [-0.1, -0.05) is 41.6 Å². The Morgan fingerprint density at radius 3 is 3.06 bits per heavy atom. The van der Waals surface area contributed by atoms with Crippen molar-refractivity contribution in [2.24, 2.45) is 0 Å². The molecule has 1 saturated heterocycles. The number of rotatable bonds is 2. The number of benzene rings is 1. The molecular weight excluding hydrogens is 266 g/mol. The van der Waals surface area contributed by atoms with Gasteiger partial charge in [-0.2, -0.15) is 0 Å². The van der Waals surface area contributed by atoms with Gasteiger partial charge in [-0.15, -0.1) is 0 Å². The molecule has 2 heterocycles. The van der Waals surface area contributed by atoms with Crippen LogP contribution in [0.15, 0.2) is 36.0 Å². The largest absolute Gasteiger partial charge is 0.373 e. The molecule has 0 saturated carbocycles. The smallest absolute Gasteiger partial charge is 0.193 e. The van der Waals surface area contributed by atoms with Gasteiger partial charge in [-0.3, -0.25) is 4.79 Å². The molecule has 2 aliphatic heterocycles. The maximum absolute atomic E-state index is 11.4. The van der Waals surface area contributed by atoms with Gasteiger partial charge < -0.3 is 4.90 Å². The number of hydrogen-bond acceptors (Lipinski definition) is 3. The summed E-state index contributed by atoms with van der Waals surface area (Å²) in [6, 6.07) is 7.94. The van der Waals surface area contributed by atoms with Gasteiger partial charge in [-0.05, 0) is 23.6 Å². The van der Waals surface area contributed by atoms with E-state index in [1.807, 2.05) is 18.2 Å². The van der Waals surface area contributed by atoms with E-state index in [0.29, 0.717) is 16.8 Å². The van der Waals surface area contributed by atoms with E-state index in [-0.39, 0.29) is 0 Å². The number of thioether (sulfide) groups is 1. The third-order valence-electron chi connectivity index (χ3n) is 3.39. The Morgan fingerprint density at radius 1 is 1.39 bits per heavy atom. The molecule has 18 heavy (non-hydrogen) atoms. The van der Waals surface area contributed by atoms with Crippen molar-refractivity contribution in [3.63, 3.8) is 0 Å². The number of carbonyl (C=O) groups is 1. The number of carbonyl (C=O) groups excluding carboxylic acids is 1. The van der Waals surface area contributed by atoms with Crippen LogP contribution >= 0.6 is 23.4 Å². The first-order valence-electron chi connectivity index (χ1n) is 6.10. The molecule has 1 unspecified atom stereocenters. The minimum atomic E-state index is 0.311. The van der Waals surface area contributed by atoms with Gasteiger partial charge in [0.15, 0.2) is 5.12 Å². The van der Waals surface area contributed by atoms with Crippen molar-refractivity contribution in [3.8, 4) is 0 Å². The van der Waals surface area contributed by atoms with Crippen LogP contribution in [-0.4, -0.2) is 21.8 Å². The molecule has 1 aromatic rings. The molecule has 0 aliphatic carbocycles. The Kier molecular flexibility index (Phi) is 3.35.